The molecule has 0 aliphatic carbocycles. The van der Waals surface area contributed by atoms with Gasteiger partial charge in [-0.2, -0.15) is 0 Å². The summed E-state index contributed by atoms with van der Waals surface area (Å²) in [6.45, 7) is 5.42. The van der Waals surface area contributed by atoms with Crippen LogP contribution in [-0.2, 0) is 24.3 Å². The third-order valence-corrected chi connectivity index (χ3v) is 4.42. The first-order chi connectivity index (χ1) is 13.1. The molecule has 0 aromatic heterocycles. The van der Waals surface area contributed by atoms with Crippen molar-refractivity contribution >= 4 is 5.91 Å². The van der Waals surface area contributed by atoms with Gasteiger partial charge in [-0.05, 0) is 49.7 Å². The lowest BCUT2D eigenvalue weighted by molar-refractivity contribution is -0.274. The molecule has 0 radical (unpaired) electrons. The predicted molar refractivity (Wildman–Crippen MR) is 102 cm³/mol. The van der Waals surface area contributed by atoms with Gasteiger partial charge in [-0.3, -0.25) is 9.69 Å². The molecule has 0 aliphatic heterocycles. The lowest BCUT2D eigenvalue weighted by Gasteiger charge is -2.22. The molecule has 0 aliphatic rings. The molecule has 7 heteroatoms. The Bertz CT molecular complexity index is 774. The van der Waals surface area contributed by atoms with E-state index in [1.54, 1.807) is 0 Å². The number of carbonyl (C=O) groups excluding carboxylic acids is 1. The predicted octanol–water partition coefficient (Wildman–Crippen LogP) is 4.28. The first-order valence-corrected chi connectivity index (χ1v) is 9.02. The minimum absolute atomic E-state index is 0.0837. The highest BCUT2D eigenvalue weighted by molar-refractivity contribution is 5.78. The molecule has 152 valence electrons. The van der Waals surface area contributed by atoms with Crippen molar-refractivity contribution in [2.45, 2.75) is 45.8 Å². The van der Waals surface area contributed by atoms with Crippen LogP contribution in [0.3, 0.4) is 0 Å². The Labute approximate surface area is 163 Å². The first kappa shape index (κ1) is 21.8. The van der Waals surface area contributed by atoms with Crippen LogP contribution in [0.4, 0.5) is 13.2 Å². The van der Waals surface area contributed by atoms with Gasteiger partial charge in [-0.25, -0.2) is 0 Å². The lowest BCUT2D eigenvalue weighted by Crippen LogP contribution is -2.28. The van der Waals surface area contributed by atoms with Crippen LogP contribution in [0.1, 0.15) is 30.5 Å². The van der Waals surface area contributed by atoms with Crippen LogP contribution in [0.2, 0.25) is 0 Å². The number of nitrogens with one attached hydrogen (secondary N) is 1. The molecule has 2 aromatic carbocycles. The van der Waals surface area contributed by atoms with E-state index in [4.69, 9.17) is 0 Å². The Morgan fingerprint density at radius 1 is 1.07 bits per heavy atom. The third kappa shape index (κ3) is 7.23. The minimum atomic E-state index is -4.73. The van der Waals surface area contributed by atoms with Crippen molar-refractivity contribution < 1.29 is 22.7 Å². The molecule has 0 saturated carbocycles. The van der Waals surface area contributed by atoms with Crippen molar-refractivity contribution in [1.29, 1.82) is 0 Å². The Balaban J connectivity index is 1.91. The normalized spacial score (nSPS) is 11.7. The zero-order valence-corrected chi connectivity index (χ0v) is 16.2. The summed E-state index contributed by atoms with van der Waals surface area (Å²) in [6, 6.07) is 13.6. The lowest BCUT2D eigenvalue weighted by atomic mass is 10.1. The average Bonchev–Trinajstić information content (AvgIpc) is 2.61. The number of alkyl halides is 3. The standard InChI is InChI=1S/C21H25F3N2O2/c1-15(2)26(3)14-18-7-5-4-6-17(18)13-25-20(27)12-16-8-10-19(11-9-16)28-21(22,23)24/h4-11,15H,12-14H2,1-3H3,(H,25,27). The molecule has 0 heterocycles. The van der Waals surface area contributed by atoms with Gasteiger partial charge in [0, 0.05) is 19.1 Å². The number of amides is 1. The van der Waals surface area contributed by atoms with Crippen LogP contribution in [-0.4, -0.2) is 30.3 Å². The number of nitrogens with zero attached hydrogens (tertiary/aromatic N) is 1. The summed E-state index contributed by atoms with van der Waals surface area (Å²) >= 11 is 0. The largest absolute Gasteiger partial charge is 0.573 e. The molecular formula is C21H25F3N2O2. The van der Waals surface area contributed by atoms with E-state index in [-0.39, 0.29) is 18.1 Å². The Morgan fingerprint density at radius 2 is 1.68 bits per heavy atom. The second-order valence-electron chi connectivity index (χ2n) is 6.92. The molecule has 0 spiro atoms. The number of rotatable bonds is 8. The van der Waals surface area contributed by atoms with Crippen LogP contribution in [0.5, 0.6) is 5.75 Å². The molecular weight excluding hydrogens is 369 g/mol. The fourth-order valence-electron chi connectivity index (χ4n) is 2.59. The van der Waals surface area contributed by atoms with E-state index >= 15 is 0 Å². The maximum absolute atomic E-state index is 12.2. The van der Waals surface area contributed by atoms with Gasteiger partial charge in [-0.15, -0.1) is 13.2 Å². The van der Waals surface area contributed by atoms with Gasteiger partial charge in [0.2, 0.25) is 5.91 Å². The highest BCUT2D eigenvalue weighted by atomic mass is 19.4. The molecule has 1 N–H and O–H groups in total. The van der Waals surface area contributed by atoms with Gasteiger partial charge < -0.3 is 10.1 Å². The second-order valence-corrected chi connectivity index (χ2v) is 6.92. The number of carbonyl (C=O) groups is 1. The van der Waals surface area contributed by atoms with Gasteiger partial charge in [0.05, 0.1) is 6.42 Å². The monoisotopic (exact) mass is 394 g/mol. The Morgan fingerprint density at radius 3 is 2.25 bits per heavy atom. The van der Waals surface area contributed by atoms with E-state index in [9.17, 15) is 18.0 Å². The molecule has 0 atom stereocenters. The topological polar surface area (TPSA) is 41.6 Å². The van der Waals surface area contributed by atoms with Crippen molar-refractivity contribution in [2.75, 3.05) is 7.05 Å². The van der Waals surface area contributed by atoms with Gasteiger partial charge in [0.25, 0.3) is 0 Å². The molecule has 28 heavy (non-hydrogen) atoms. The summed E-state index contributed by atoms with van der Waals surface area (Å²) in [5.41, 5.74) is 2.80. The van der Waals surface area contributed by atoms with Gasteiger partial charge >= 0.3 is 6.36 Å². The van der Waals surface area contributed by atoms with Crippen LogP contribution in [0.25, 0.3) is 0 Å². The van der Waals surface area contributed by atoms with E-state index in [2.05, 4.69) is 28.8 Å². The van der Waals surface area contributed by atoms with Crippen molar-refractivity contribution in [2.24, 2.45) is 0 Å². The van der Waals surface area contributed by atoms with Crippen LogP contribution in [0, 0.1) is 0 Å². The molecule has 4 nitrogen and oxygen atoms in total. The number of hydrogen-bond acceptors (Lipinski definition) is 3. The summed E-state index contributed by atoms with van der Waals surface area (Å²) in [4.78, 5) is 14.4. The summed E-state index contributed by atoms with van der Waals surface area (Å²) in [5.74, 6) is -0.503. The van der Waals surface area contributed by atoms with E-state index < -0.39 is 6.36 Å². The smallest absolute Gasteiger partial charge is 0.406 e. The van der Waals surface area contributed by atoms with E-state index in [0.29, 0.717) is 18.2 Å². The van der Waals surface area contributed by atoms with E-state index in [0.717, 1.165) is 17.7 Å². The summed E-state index contributed by atoms with van der Waals surface area (Å²) < 4.78 is 40.4. The van der Waals surface area contributed by atoms with Crippen LogP contribution >= 0.6 is 0 Å². The number of halogens is 3. The van der Waals surface area contributed by atoms with Crippen LogP contribution < -0.4 is 10.1 Å². The molecule has 0 saturated heterocycles. The molecule has 2 aromatic rings. The van der Waals surface area contributed by atoms with Gasteiger partial charge in [0.1, 0.15) is 5.75 Å². The number of hydrogen-bond donors (Lipinski definition) is 1. The van der Waals surface area contributed by atoms with E-state index in [1.165, 1.54) is 24.3 Å². The Hall–Kier alpha value is -2.54. The zero-order valence-electron chi connectivity index (χ0n) is 16.2. The van der Waals surface area contributed by atoms with Crippen molar-refractivity contribution in [3.63, 3.8) is 0 Å². The summed E-state index contributed by atoms with van der Waals surface area (Å²) in [5, 5.41) is 2.87. The fraction of sp³-hybridized carbons (Fsp3) is 0.381. The van der Waals surface area contributed by atoms with E-state index in [1.807, 2.05) is 31.3 Å². The SMILES string of the molecule is CC(C)N(C)Cc1ccccc1CNC(=O)Cc1ccc(OC(F)(F)F)cc1. The van der Waals surface area contributed by atoms with Crippen molar-refractivity contribution in [3.8, 4) is 5.75 Å². The Kier molecular flexibility index (Phi) is 7.45. The van der Waals surface area contributed by atoms with Crippen LogP contribution in [0.15, 0.2) is 48.5 Å². The first-order valence-electron chi connectivity index (χ1n) is 9.02. The number of ether oxygens (including phenoxy) is 1. The zero-order chi connectivity index (χ0) is 20.7. The van der Waals surface area contributed by atoms with Gasteiger partial charge in [-0.1, -0.05) is 36.4 Å². The van der Waals surface area contributed by atoms with Gasteiger partial charge in [0.15, 0.2) is 0 Å². The maximum atomic E-state index is 12.2. The van der Waals surface area contributed by atoms with Crippen molar-refractivity contribution in [1.82, 2.24) is 10.2 Å². The number of benzene rings is 2. The molecule has 2 rings (SSSR count). The molecule has 0 fully saturated rings. The van der Waals surface area contributed by atoms with Crippen molar-refractivity contribution in [3.05, 3.63) is 65.2 Å². The molecule has 1 amide bonds. The average molecular weight is 394 g/mol. The highest BCUT2D eigenvalue weighted by Crippen LogP contribution is 2.22. The third-order valence-electron chi connectivity index (χ3n) is 4.42. The maximum Gasteiger partial charge on any atom is 0.573 e. The quantitative estimate of drug-likeness (QED) is 0.727. The highest BCUT2D eigenvalue weighted by Gasteiger charge is 2.30. The summed E-state index contributed by atoms with van der Waals surface area (Å²) in [7, 11) is 2.05. The summed E-state index contributed by atoms with van der Waals surface area (Å²) in [6.07, 6.45) is -4.64. The molecule has 0 bridgehead atoms. The second kappa shape index (κ2) is 9.59. The fourth-order valence-corrected chi connectivity index (χ4v) is 2.59. The molecule has 0 unspecified atom stereocenters. The minimum Gasteiger partial charge on any atom is -0.406 e.